The van der Waals surface area contributed by atoms with E-state index >= 15 is 0 Å². The Morgan fingerprint density at radius 2 is 2.00 bits per heavy atom. The molecule has 1 N–H and O–H groups in total. The smallest absolute Gasteiger partial charge is 0.349 e. The van der Waals surface area contributed by atoms with E-state index in [1.54, 1.807) is 17.9 Å². The van der Waals surface area contributed by atoms with Gasteiger partial charge in [0.05, 0.1) is 6.54 Å². The zero-order chi connectivity index (χ0) is 17.7. The van der Waals surface area contributed by atoms with Gasteiger partial charge < -0.3 is 14.6 Å². The van der Waals surface area contributed by atoms with Gasteiger partial charge in [-0.05, 0) is 37.8 Å². The average molecular weight is 334 g/mol. The van der Waals surface area contributed by atoms with Crippen LogP contribution in [0.4, 0.5) is 0 Å². The number of carbonyl (C=O) groups excluding carboxylic acids is 2. The molecule has 1 aliphatic rings. The van der Waals surface area contributed by atoms with Crippen LogP contribution in [-0.4, -0.2) is 36.3 Å². The van der Waals surface area contributed by atoms with Crippen molar-refractivity contribution in [3.8, 4) is 0 Å². The van der Waals surface area contributed by atoms with Gasteiger partial charge in [-0.15, -0.1) is 0 Å². The van der Waals surface area contributed by atoms with Gasteiger partial charge in [0.25, 0.3) is 5.91 Å². The molecule has 2 rings (SSSR count). The Kier molecular flexibility index (Phi) is 6.17. The number of amides is 2. The van der Waals surface area contributed by atoms with Crippen LogP contribution >= 0.6 is 0 Å². The van der Waals surface area contributed by atoms with E-state index in [2.05, 4.69) is 12.2 Å². The van der Waals surface area contributed by atoms with Crippen molar-refractivity contribution in [3.63, 3.8) is 0 Å². The van der Waals surface area contributed by atoms with Crippen molar-refractivity contribution >= 4 is 11.8 Å². The van der Waals surface area contributed by atoms with Gasteiger partial charge in [-0.2, -0.15) is 0 Å². The highest BCUT2D eigenvalue weighted by Gasteiger charge is 2.22. The number of nitrogens with one attached hydrogen (secondary N) is 1. The molecule has 2 amide bonds. The second-order valence-corrected chi connectivity index (χ2v) is 6.45. The van der Waals surface area contributed by atoms with Crippen LogP contribution in [0.3, 0.4) is 0 Å². The summed E-state index contributed by atoms with van der Waals surface area (Å²) in [5, 5.41) is 2.54. The van der Waals surface area contributed by atoms with Gasteiger partial charge in [0.2, 0.25) is 5.91 Å². The SMILES string of the molecule is CCCC(C)c1cc(C)c(C(=O)NCC(=O)N2CCCC2)c(=O)o1. The summed E-state index contributed by atoms with van der Waals surface area (Å²) in [5.41, 5.74) is -0.0777. The number of hydrogen-bond acceptors (Lipinski definition) is 4. The number of carbonyl (C=O) groups is 2. The van der Waals surface area contributed by atoms with Crippen LogP contribution in [0.5, 0.6) is 0 Å². The van der Waals surface area contributed by atoms with Crippen LogP contribution in [0.25, 0.3) is 0 Å². The fraction of sp³-hybridized carbons (Fsp3) is 0.611. The second kappa shape index (κ2) is 8.13. The Morgan fingerprint density at radius 1 is 1.33 bits per heavy atom. The number of rotatable bonds is 6. The predicted molar refractivity (Wildman–Crippen MR) is 91.2 cm³/mol. The summed E-state index contributed by atoms with van der Waals surface area (Å²) in [6.07, 6.45) is 3.91. The molecule has 0 radical (unpaired) electrons. The third kappa shape index (κ3) is 4.24. The molecule has 0 saturated carbocycles. The third-order valence-corrected chi connectivity index (χ3v) is 4.46. The number of hydrogen-bond donors (Lipinski definition) is 1. The molecule has 6 nitrogen and oxygen atoms in total. The highest BCUT2D eigenvalue weighted by Crippen LogP contribution is 2.21. The molecular formula is C18H26N2O4. The molecule has 0 spiro atoms. The van der Waals surface area contributed by atoms with E-state index in [1.807, 2.05) is 6.92 Å². The van der Waals surface area contributed by atoms with Crippen molar-refractivity contribution in [1.29, 1.82) is 0 Å². The molecule has 24 heavy (non-hydrogen) atoms. The van der Waals surface area contributed by atoms with Crippen molar-refractivity contribution in [2.24, 2.45) is 0 Å². The van der Waals surface area contributed by atoms with Gasteiger partial charge in [0.1, 0.15) is 11.3 Å². The van der Waals surface area contributed by atoms with Crippen molar-refractivity contribution < 1.29 is 14.0 Å². The molecule has 0 bridgehead atoms. The Labute approximate surface area is 142 Å². The molecule has 132 valence electrons. The van der Waals surface area contributed by atoms with E-state index in [1.165, 1.54) is 0 Å². The Hall–Kier alpha value is -2.11. The summed E-state index contributed by atoms with van der Waals surface area (Å²) in [7, 11) is 0. The van der Waals surface area contributed by atoms with E-state index in [4.69, 9.17) is 4.42 Å². The van der Waals surface area contributed by atoms with Gasteiger partial charge in [0.15, 0.2) is 0 Å². The lowest BCUT2D eigenvalue weighted by Gasteiger charge is -2.16. The lowest BCUT2D eigenvalue weighted by molar-refractivity contribution is -0.129. The maximum absolute atomic E-state index is 12.3. The first-order valence-corrected chi connectivity index (χ1v) is 8.64. The molecule has 1 fully saturated rings. The maximum Gasteiger partial charge on any atom is 0.349 e. The summed E-state index contributed by atoms with van der Waals surface area (Å²) in [6.45, 7) is 7.16. The van der Waals surface area contributed by atoms with Crippen LogP contribution < -0.4 is 10.9 Å². The summed E-state index contributed by atoms with van der Waals surface area (Å²) < 4.78 is 5.32. The van der Waals surface area contributed by atoms with E-state index in [-0.39, 0.29) is 23.9 Å². The summed E-state index contributed by atoms with van der Waals surface area (Å²) in [6, 6.07) is 1.75. The molecule has 1 unspecified atom stereocenters. The number of likely N-dealkylation sites (tertiary alicyclic amines) is 1. The Bertz CT molecular complexity index is 659. The molecule has 1 aromatic heterocycles. The quantitative estimate of drug-likeness (QED) is 0.865. The van der Waals surface area contributed by atoms with Crippen molar-refractivity contribution in [1.82, 2.24) is 10.2 Å². The van der Waals surface area contributed by atoms with Crippen LogP contribution in [0, 0.1) is 6.92 Å². The lowest BCUT2D eigenvalue weighted by atomic mass is 10.0. The van der Waals surface area contributed by atoms with Crippen LogP contribution in [0.15, 0.2) is 15.3 Å². The first-order valence-electron chi connectivity index (χ1n) is 8.64. The van der Waals surface area contributed by atoms with E-state index in [0.29, 0.717) is 11.3 Å². The minimum absolute atomic E-state index is 0.0170. The lowest BCUT2D eigenvalue weighted by Crippen LogP contribution is -2.40. The minimum atomic E-state index is -0.640. The molecule has 1 aromatic rings. The first kappa shape index (κ1) is 18.2. The normalized spacial score (nSPS) is 15.4. The molecule has 0 aromatic carbocycles. The Morgan fingerprint density at radius 3 is 2.58 bits per heavy atom. The molecule has 2 heterocycles. The zero-order valence-electron chi connectivity index (χ0n) is 14.7. The van der Waals surface area contributed by atoms with E-state index < -0.39 is 11.5 Å². The van der Waals surface area contributed by atoms with Gasteiger partial charge >= 0.3 is 5.63 Å². The Balaban J connectivity index is 2.06. The van der Waals surface area contributed by atoms with E-state index in [0.717, 1.165) is 38.8 Å². The van der Waals surface area contributed by atoms with Gasteiger partial charge in [-0.1, -0.05) is 20.3 Å². The molecule has 1 aliphatic heterocycles. The van der Waals surface area contributed by atoms with Gasteiger partial charge in [0, 0.05) is 19.0 Å². The highest BCUT2D eigenvalue weighted by atomic mass is 16.4. The van der Waals surface area contributed by atoms with Crippen LogP contribution in [0.1, 0.15) is 67.1 Å². The van der Waals surface area contributed by atoms with Crippen molar-refractivity contribution in [3.05, 3.63) is 33.4 Å². The summed E-state index contributed by atoms with van der Waals surface area (Å²) in [5.74, 6) is 0.0684. The first-order chi connectivity index (χ1) is 11.4. The molecule has 1 atom stereocenters. The van der Waals surface area contributed by atoms with Crippen LogP contribution in [0.2, 0.25) is 0 Å². The fourth-order valence-corrected chi connectivity index (χ4v) is 3.05. The molecule has 0 aliphatic carbocycles. The fourth-order valence-electron chi connectivity index (χ4n) is 3.05. The maximum atomic E-state index is 12.3. The van der Waals surface area contributed by atoms with Gasteiger partial charge in [-0.3, -0.25) is 9.59 Å². The highest BCUT2D eigenvalue weighted by molar-refractivity contribution is 5.97. The summed E-state index contributed by atoms with van der Waals surface area (Å²) >= 11 is 0. The molecular weight excluding hydrogens is 308 g/mol. The second-order valence-electron chi connectivity index (χ2n) is 6.45. The largest absolute Gasteiger partial charge is 0.427 e. The number of aryl methyl sites for hydroxylation is 1. The average Bonchev–Trinajstić information content (AvgIpc) is 3.06. The zero-order valence-corrected chi connectivity index (χ0v) is 14.7. The third-order valence-electron chi connectivity index (χ3n) is 4.46. The minimum Gasteiger partial charge on any atom is -0.427 e. The van der Waals surface area contributed by atoms with Crippen molar-refractivity contribution in [2.45, 2.75) is 52.4 Å². The number of nitrogens with zero attached hydrogens (tertiary/aromatic N) is 1. The van der Waals surface area contributed by atoms with Crippen molar-refractivity contribution in [2.75, 3.05) is 19.6 Å². The standard InChI is InChI=1S/C18H26N2O4/c1-4-7-12(2)14-10-13(3)16(18(23)24-14)17(22)19-11-15(21)20-8-5-6-9-20/h10,12H,4-9,11H2,1-3H3,(H,19,22). The molecule has 6 heteroatoms. The van der Waals surface area contributed by atoms with Crippen LogP contribution in [-0.2, 0) is 4.79 Å². The van der Waals surface area contributed by atoms with Gasteiger partial charge in [-0.25, -0.2) is 4.79 Å². The van der Waals surface area contributed by atoms with E-state index in [9.17, 15) is 14.4 Å². The molecule has 1 saturated heterocycles. The predicted octanol–water partition coefficient (Wildman–Crippen LogP) is 2.20. The topological polar surface area (TPSA) is 79.6 Å². The summed E-state index contributed by atoms with van der Waals surface area (Å²) in [4.78, 5) is 38.2. The monoisotopic (exact) mass is 334 g/mol.